The van der Waals surface area contributed by atoms with Gasteiger partial charge >= 0.3 is 0 Å². The number of aliphatic imine (C=N–C) groups is 1. The Balaban J connectivity index is 2.53. The summed E-state index contributed by atoms with van der Waals surface area (Å²) in [6.45, 7) is 3.83. The summed E-state index contributed by atoms with van der Waals surface area (Å²) in [5.41, 5.74) is 0.935. The van der Waals surface area contributed by atoms with Gasteiger partial charge < -0.3 is 15.0 Å². The second kappa shape index (κ2) is 8.34. The fraction of sp³-hybridized carbons (Fsp3) is 0.571. The van der Waals surface area contributed by atoms with Gasteiger partial charge in [0, 0.05) is 26.7 Å². The van der Waals surface area contributed by atoms with Gasteiger partial charge in [0.15, 0.2) is 5.96 Å². The van der Waals surface area contributed by atoms with Gasteiger partial charge in [-0.05, 0) is 12.5 Å². The Morgan fingerprint density at radius 3 is 2.89 bits per heavy atom. The molecule has 0 saturated carbocycles. The van der Waals surface area contributed by atoms with Crippen LogP contribution in [0.25, 0.3) is 0 Å². The highest BCUT2D eigenvalue weighted by Crippen LogP contribution is 2.06. The molecule has 1 aromatic heterocycles. The molecule has 0 aliphatic rings. The predicted octanol–water partition coefficient (Wildman–Crippen LogP) is 1.90. The number of methoxy groups -OCH3 is 1. The molecule has 0 radical (unpaired) electrons. The van der Waals surface area contributed by atoms with E-state index in [2.05, 4.69) is 27.1 Å². The minimum absolute atomic E-state index is 0.633. The van der Waals surface area contributed by atoms with Crippen molar-refractivity contribution in [2.45, 2.75) is 26.3 Å². The first kappa shape index (κ1) is 15.3. The van der Waals surface area contributed by atoms with Crippen LogP contribution < -0.4 is 10.1 Å². The van der Waals surface area contributed by atoms with E-state index in [1.165, 1.54) is 6.42 Å². The lowest BCUT2D eigenvalue weighted by atomic mass is 10.3. The van der Waals surface area contributed by atoms with E-state index in [-0.39, 0.29) is 0 Å². The van der Waals surface area contributed by atoms with E-state index in [1.807, 2.05) is 25.2 Å². The number of guanidine groups is 1. The van der Waals surface area contributed by atoms with Crippen LogP contribution in [-0.2, 0) is 6.54 Å². The Bertz CT molecular complexity index is 406. The minimum Gasteiger partial charge on any atom is -0.481 e. The van der Waals surface area contributed by atoms with E-state index in [4.69, 9.17) is 4.74 Å². The SMILES string of the molecule is CCCCN(C)C(=NC)NCc1cccc(OC)n1. The molecule has 0 saturated heterocycles. The Hall–Kier alpha value is -1.78. The highest BCUT2D eigenvalue weighted by Gasteiger charge is 2.05. The molecular formula is C14H24N4O. The lowest BCUT2D eigenvalue weighted by Crippen LogP contribution is -2.39. The minimum atomic E-state index is 0.633. The zero-order valence-electron chi connectivity index (χ0n) is 12.3. The third-order valence-electron chi connectivity index (χ3n) is 2.84. The Kier molecular flexibility index (Phi) is 6.71. The van der Waals surface area contributed by atoms with Crippen LogP contribution in [0.15, 0.2) is 23.2 Å². The van der Waals surface area contributed by atoms with Gasteiger partial charge in [-0.15, -0.1) is 0 Å². The molecule has 0 unspecified atom stereocenters. The molecule has 1 aromatic rings. The standard InChI is InChI=1S/C14H24N4O/c1-5-6-10-18(3)14(15-2)16-11-12-8-7-9-13(17-12)19-4/h7-9H,5-6,10-11H2,1-4H3,(H,15,16). The molecule has 5 heteroatoms. The van der Waals surface area contributed by atoms with Crippen LogP contribution in [0.5, 0.6) is 5.88 Å². The van der Waals surface area contributed by atoms with Gasteiger partial charge in [0.25, 0.3) is 0 Å². The largest absolute Gasteiger partial charge is 0.481 e. The summed E-state index contributed by atoms with van der Waals surface area (Å²) in [6.07, 6.45) is 2.34. The molecule has 5 nitrogen and oxygen atoms in total. The van der Waals surface area contributed by atoms with Crippen molar-refractivity contribution in [2.75, 3.05) is 27.7 Å². The van der Waals surface area contributed by atoms with Crippen LogP contribution in [0.1, 0.15) is 25.5 Å². The molecule has 0 bridgehead atoms. The van der Waals surface area contributed by atoms with Gasteiger partial charge in [-0.3, -0.25) is 4.99 Å². The van der Waals surface area contributed by atoms with Crippen LogP contribution in [0.2, 0.25) is 0 Å². The molecule has 1 heterocycles. The first-order valence-electron chi connectivity index (χ1n) is 6.63. The average Bonchev–Trinajstić information content (AvgIpc) is 2.45. The van der Waals surface area contributed by atoms with E-state index in [9.17, 15) is 0 Å². The smallest absolute Gasteiger partial charge is 0.213 e. The van der Waals surface area contributed by atoms with Gasteiger partial charge in [0.1, 0.15) is 0 Å². The number of unbranched alkanes of at least 4 members (excludes halogenated alkanes) is 1. The maximum atomic E-state index is 5.11. The molecule has 0 aliphatic carbocycles. The number of aromatic nitrogens is 1. The van der Waals surface area contributed by atoms with Crippen molar-refractivity contribution < 1.29 is 4.74 Å². The topological polar surface area (TPSA) is 49.8 Å². The van der Waals surface area contributed by atoms with E-state index < -0.39 is 0 Å². The highest BCUT2D eigenvalue weighted by molar-refractivity contribution is 5.79. The molecule has 0 fully saturated rings. The number of nitrogens with zero attached hydrogens (tertiary/aromatic N) is 3. The van der Waals surface area contributed by atoms with Crippen molar-refractivity contribution in [1.29, 1.82) is 0 Å². The second-order valence-corrected chi connectivity index (χ2v) is 4.35. The van der Waals surface area contributed by atoms with E-state index in [0.29, 0.717) is 12.4 Å². The third-order valence-corrected chi connectivity index (χ3v) is 2.84. The number of hydrogen-bond acceptors (Lipinski definition) is 3. The zero-order chi connectivity index (χ0) is 14.1. The Morgan fingerprint density at radius 2 is 2.26 bits per heavy atom. The monoisotopic (exact) mass is 264 g/mol. The first-order chi connectivity index (χ1) is 9.21. The van der Waals surface area contributed by atoms with Gasteiger partial charge in [-0.2, -0.15) is 0 Å². The predicted molar refractivity (Wildman–Crippen MR) is 78.5 cm³/mol. The number of rotatable bonds is 6. The summed E-state index contributed by atoms with van der Waals surface area (Å²) in [4.78, 5) is 10.8. The van der Waals surface area contributed by atoms with Crippen LogP contribution in [0.4, 0.5) is 0 Å². The molecule has 19 heavy (non-hydrogen) atoms. The summed E-state index contributed by atoms with van der Waals surface area (Å²) in [5.74, 6) is 1.52. The number of pyridine rings is 1. The Labute approximate surface area is 115 Å². The van der Waals surface area contributed by atoms with Crippen LogP contribution in [0.3, 0.4) is 0 Å². The molecule has 0 aliphatic heterocycles. The van der Waals surface area contributed by atoms with Crippen molar-refractivity contribution in [2.24, 2.45) is 4.99 Å². The molecule has 0 amide bonds. The molecular weight excluding hydrogens is 240 g/mol. The molecule has 0 aromatic carbocycles. The van der Waals surface area contributed by atoms with Crippen LogP contribution in [0, 0.1) is 0 Å². The van der Waals surface area contributed by atoms with Crippen molar-refractivity contribution >= 4 is 5.96 Å². The third kappa shape index (κ3) is 5.16. The molecule has 1 rings (SSSR count). The van der Waals surface area contributed by atoms with Crippen LogP contribution in [-0.4, -0.2) is 43.6 Å². The molecule has 0 atom stereocenters. The van der Waals surface area contributed by atoms with Gasteiger partial charge in [-0.1, -0.05) is 19.4 Å². The van der Waals surface area contributed by atoms with Crippen molar-refractivity contribution in [1.82, 2.24) is 15.2 Å². The normalized spacial score (nSPS) is 11.3. The van der Waals surface area contributed by atoms with Gasteiger partial charge in [0.05, 0.1) is 19.3 Å². The summed E-state index contributed by atoms with van der Waals surface area (Å²) in [6, 6.07) is 5.74. The average molecular weight is 264 g/mol. The summed E-state index contributed by atoms with van der Waals surface area (Å²) in [7, 11) is 5.46. The summed E-state index contributed by atoms with van der Waals surface area (Å²) < 4.78 is 5.11. The number of ether oxygens (including phenoxy) is 1. The van der Waals surface area contributed by atoms with Gasteiger partial charge in [0.2, 0.25) is 5.88 Å². The van der Waals surface area contributed by atoms with E-state index >= 15 is 0 Å². The quantitative estimate of drug-likeness (QED) is 0.630. The number of hydrogen-bond donors (Lipinski definition) is 1. The maximum Gasteiger partial charge on any atom is 0.213 e. The highest BCUT2D eigenvalue weighted by atomic mass is 16.5. The van der Waals surface area contributed by atoms with Crippen molar-refractivity contribution in [3.63, 3.8) is 0 Å². The van der Waals surface area contributed by atoms with Crippen molar-refractivity contribution in [3.8, 4) is 5.88 Å². The van der Waals surface area contributed by atoms with E-state index in [0.717, 1.165) is 24.6 Å². The molecule has 0 spiro atoms. The van der Waals surface area contributed by atoms with Crippen molar-refractivity contribution in [3.05, 3.63) is 23.9 Å². The lowest BCUT2D eigenvalue weighted by molar-refractivity contribution is 0.396. The zero-order valence-corrected chi connectivity index (χ0v) is 12.3. The maximum absolute atomic E-state index is 5.11. The summed E-state index contributed by atoms with van der Waals surface area (Å²) >= 11 is 0. The lowest BCUT2D eigenvalue weighted by Gasteiger charge is -2.21. The molecule has 106 valence electrons. The first-order valence-corrected chi connectivity index (χ1v) is 6.63. The Morgan fingerprint density at radius 1 is 1.47 bits per heavy atom. The van der Waals surface area contributed by atoms with Crippen LogP contribution >= 0.6 is 0 Å². The fourth-order valence-electron chi connectivity index (χ4n) is 1.73. The number of nitrogens with one attached hydrogen (secondary N) is 1. The van der Waals surface area contributed by atoms with E-state index in [1.54, 1.807) is 14.2 Å². The fourth-order valence-corrected chi connectivity index (χ4v) is 1.73. The summed E-state index contributed by atoms with van der Waals surface area (Å²) in [5, 5.41) is 3.30. The molecule has 1 N–H and O–H groups in total. The van der Waals surface area contributed by atoms with Gasteiger partial charge in [-0.25, -0.2) is 4.98 Å². The second-order valence-electron chi connectivity index (χ2n) is 4.35.